The van der Waals surface area contributed by atoms with Crippen molar-refractivity contribution in [1.29, 1.82) is 0 Å². The molecule has 1 saturated heterocycles. The first-order valence-corrected chi connectivity index (χ1v) is 5.92. The van der Waals surface area contributed by atoms with Crippen LogP contribution in [-0.2, 0) is 0 Å². The van der Waals surface area contributed by atoms with E-state index in [1.165, 1.54) is 32.2 Å². The molecule has 80 valence electrons. The molecule has 2 aliphatic rings. The number of piperidine rings is 1. The zero-order valence-corrected chi connectivity index (χ0v) is 10.1. The standard InChI is InChI=1S/C13H23N/c1-10-5-6-13(12(10)3)7-8-14(4)11(2)9-13/h11H,5-9H2,1-4H3/t11-,13-/m1/s1. The lowest BCUT2D eigenvalue weighted by molar-refractivity contribution is 0.102. The van der Waals surface area contributed by atoms with Crippen LogP contribution in [0.2, 0.25) is 0 Å². The quantitative estimate of drug-likeness (QED) is 0.534. The Hall–Kier alpha value is -0.300. The van der Waals surface area contributed by atoms with E-state index in [4.69, 9.17) is 0 Å². The largest absolute Gasteiger partial charge is 0.304 e. The van der Waals surface area contributed by atoms with Crippen molar-refractivity contribution in [2.45, 2.75) is 52.5 Å². The van der Waals surface area contributed by atoms with E-state index in [1.807, 2.05) is 0 Å². The van der Waals surface area contributed by atoms with E-state index in [1.54, 1.807) is 11.1 Å². The van der Waals surface area contributed by atoms with Crippen LogP contribution in [0.3, 0.4) is 0 Å². The van der Waals surface area contributed by atoms with Crippen LogP contribution in [0.25, 0.3) is 0 Å². The normalized spacial score (nSPS) is 39.9. The van der Waals surface area contributed by atoms with Gasteiger partial charge >= 0.3 is 0 Å². The number of likely N-dealkylation sites (tertiary alicyclic amines) is 1. The fraction of sp³-hybridized carbons (Fsp3) is 0.846. The highest BCUT2D eigenvalue weighted by Gasteiger charge is 2.41. The van der Waals surface area contributed by atoms with Crippen LogP contribution < -0.4 is 0 Å². The summed E-state index contributed by atoms with van der Waals surface area (Å²) in [6, 6.07) is 0.768. The fourth-order valence-electron chi connectivity index (χ4n) is 3.26. The average molecular weight is 193 g/mol. The summed E-state index contributed by atoms with van der Waals surface area (Å²) in [6.45, 7) is 8.36. The van der Waals surface area contributed by atoms with Gasteiger partial charge in [-0.1, -0.05) is 11.1 Å². The van der Waals surface area contributed by atoms with Gasteiger partial charge in [0.25, 0.3) is 0 Å². The van der Waals surface area contributed by atoms with Crippen molar-refractivity contribution in [3.8, 4) is 0 Å². The third-order valence-electron chi connectivity index (χ3n) is 4.80. The maximum absolute atomic E-state index is 2.51. The lowest BCUT2D eigenvalue weighted by atomic mass is 9.71. The fourth-order valence-corrected chi connectivity index (χ4v) is 3.26. The average Bonchev–Trinajstić information content (AvgIpc) is 2.42. The molecule has 0 saturated carbocycles. The van der Waals surface area contributed by atoms with Crippen molar-refractivity contribution < 1.29 is 0 Å². The number of nitrogens with zero attached hydrogens (tertiary/aromatic N) is 1. The molecule has 1 heteroatoms. The van der Waals surface area contributed by atoms with Crippen molar-refractivity contribution >= 4 is 0 Å². The van der Waals surface area contributed by atoms with Crippen LogP contribution >= 0.6 is 0 Å². The Bertz CT molecular complexity index is 266. The summed E-state index contributed by atoms with van der Waals surface area (Å²) in [4.78, 5) is 2.51. The van der Waals surface area contributed by atoms with Gasteiger partial charge in [0.1, 0.15) is 0 Å². The van der Waals surface area contributed by atoms with Crippen LogP contribution in [0.4, 0.5) is 0 Å². The molecular weight excluding hydrogens is 170 g/mol. The molecule has 0 aromatic rings. The topological polar surface area (TPSA) is 3.24 Å². The van der Waals surface area contributed by atoms with Crippen LogP contribution in [0.5, 0.6) is 0 Å². The first-order chi connectivity index (χ1) is 6.55. The molecule has 1 heterocycles. The molecule has 14 heavy (non-hydrogen) atoms. The highest BCUT2D eigenvalue weighted by Crippen LogP contribution is 2.50. The van der Waals surface area contributed by atoms with E-state index in [2.05, 4.69) is 32.7 Å². The van der Waals surface area contributed by atoms with Gasteiger partial charge < -0.3 is 4.90 Å². The molecular formula is C13H23N. The Morgan fingerprint density at radius 3 is 2.50 bits per heavy atom. The zero-order chi connectivity index (χ0) is 10.3. The minimum absolute atomic E-state index is 0.593. The molecule has 1 fully saturated rings. The predicted octanol–water partition coefficient (Wildman–Crippen LogP) is 3.22. The molecule has 1 aliphatic carbocycles. The molecule has 1 nitrogen and oxygen atoms in total. The van der Waals surface area contributed by atoms with Crippen LogP contribution in [0.15, 0.2) is 11.1 Å². The van der Waals surface area contributed by atoms with E-state index < -0.39 is 0 Å². The minimum atomic E-state index is 0.593. The second-order valence-corrected chi connectivity index (χ2v) is 5.47. The predicted molar refractivity (Wildman–Crippen MR) is 61.4 cm³/mol. The monoisotopic (exact) mass is 193 g/mol. The van der Waals surface area contributed by atoms with Gasteiger partial charge in [-0.3, -0.25) is 0 Å². The van der Waals surface area contributed by atoms with E-state index in [-0.39, 0.29) is 0 Å². The smallest absolute Gasteiger partial charge is 0.00722 e. The van der Waals surface area contributed by atoms with Gasteiger partial charge in [0.15, 0.2) is 0 Å². The molecule has 0 unspecified atom stereocenters. The van der Waals surface area contributed by atoms with Gasteiger partial charge in [-0.15, -0.1) is 0 Å². The second-order valence-electron chi connectivity index (χ2n) is 5.47. The zero-order valence-electron chi connectivity index (χ0n) is 10.1. The van der Waals surface area contributed by atoms with Crippen LogP contribution in [0.1, 0.15) is 46.5 Å². The summed E-state index contributed by atoms with van der Waals surface area (Å²) < 4.78 is 0. The van der Waals surface area contributed by atoms with Gasteiger partial charge in [-0.25, -0.2) is 0 Å². The van der Waals surface area contributed by atoms with Crippen LogP contribution in [0, 0.1) is 5.41 Å². The summed E-state index contributed by atoms with van der Waals surface area (Å²) in [6.07, 6.45) is 5.54. The van der Waals surface area contributed by atoms with E-state index >= 15 is 0 Å². The molecule has 0 N–H and O–H groups in total. The third-order valence-corrected chi connectivity index (χ3v) is 4.80. The lowest BCUT2D eigenvalue weighted by Gasteiger charge is -2.43. The minimum Gasteiger partial charge on any atom is -0.304 e. The Balaban J connectivity index is 2.19. The first-order valence-electron chi connectivity index (χ1n) is 5.92. The number of hydrogen-bond donors (Lipinski definition) is 0. The number of allylic oxidation sites excluding steroid dienone is 2. The Morgan fingerprint density at radius 2 is 2.00 bits per heavy atom. The van der Waals surface area contributed by atoms with Gasteiger partial charge in [-0.2, -0.15) is 0 Å². The molecule has 0 aromatic heterocycles. The van der Waals surface area contributed by atoms with E-state index in [9.17, 15) is 0 Å². The SMILES string of the molecule is CC1=C(C)[C@]2(CC1)CCN(C)[C@H](C)C2. The van der Waals surface area contributed by atoms with Gasteiger partial charge in [0.05, 0.1) is 0 Å². The van der Waals surface area contributed by atoms with Crippen molar-refractivity contribution in [2.24, 2.45) is 5.41 Å². The second kappa shape index (κ2) is 3.37. The summed E-state index contributed by atoms with van der Waals surface area (Å²) in [5.41, 5.74) is 3.98. The summed E-state index contributed by atoms with van der Waals surface area (Å²) in [7, 11) is 2.26. The maximum atomic E-state index is 2.51. The van der Waals surface area contributed by atoms with Gasteiger partial charge in [0, 0.05) is 6.04 Å². The van der Waals surface area contributed by atoms with Gasteiger partial charge in [0.2, 0.25) is 0 Å². The molecule has 0 amide bonds. The Morgan fingerprint density at radius 1 is 1.29 bits per heavy atom. The number of hydrogen-bond acceptors (Lipinski definition) is 1. The highest BCUT2D eigenvalue weighted by atomic mass is 15.1. The maximum Gasteiger partial charge on any atom is 0.00722 e. The van der Waals surface area contributed by atoms with Crippen molar-refractivity contribution in [3.63, 3.8) is 0 Å². The molecule has 2 rings (SSSR count). The van der Waals surface area contributed by atoms with Crippen LogP contribution in [-0.4, -0.2) is 24.5 Å². The van der Waals surface area contributed by atoms with E-state index in [0.717, 1.165) is 6.04 Å². The van der Waals surface area contributed by atoms with E-state index in [0.29, 0.717) is 5.41 Å². The molecule has 2 atom stereocenters. The molecule has 0 aromatic carbocycles. The summed E-state index contributed by atoms with van der Waals surface area (Å²) >= 11 is 0. The molecule has 0 bridgehead atoms. The van der Waals surface area contributed by atoms with Crippen molar-refractivity contribution in [3.05, 3.63) is 11.1 Å². The summed E-state index contributed by atoms with van der Waals surface area (Å²) in [5.74, 6) is 0. The third kappa shape index (κ3) is 1.42. The summed E-state index contributed by atoms with van der Waals surface area (Å²) in [5, 5.41) is 0. The lowest BCUT2D eigenvalue weighted by Crippen LogP contribution is -2.43. The van der Waals surface area contributed by atoms with Gasteiger partial charge in [-0.05, 0) is 65.5 Å². The molecule has 1 aliphatic heterocycles. The molecule has 1 spiro atoms. The van der Waals surface area contributed by atoms with Crippen molar-refractivity contribution in [1.82, 2.24) is 4.90 Å². The van der Waals surface area contributed by atoms with Crippen molar-refractivity contribution in [2.75, 3.05) is 13.6 Å². The Labute approximate surface area is 88.2 Å². The number of rotatable bonds is 0. The first kappa shape index (κ1) is 10.2. The molecule has 0 radical (unpaired) electrons. The highest BCUT2D eigenvalue weighted by molar-refractivity contribution is 5.26. The Kier molecular flexibility index (Phi) is 2.46.